The number of rotatable bonds is 5. The lowest BCUT2D eigenvalue weighted by Crippen LogP contribution is -2.04. The summed E-state index contributed by atoms with van der Waals surface area (Å²) in [5.41, 5.74) is 0.947. The molecule has 0 aliphatic carbocycles. The average Bonchev–Trinajstić information content (AvgIpc) is 2.96. The SMILES string of the molecule is CCc1ccc(C(O)Cc2ccn(C(C)C)n2)s1. The molecule has 0 radical (unpaired) electrons. The second kappa shape index (κ2) is 5.67. The molecule has 0 aliphatic rings. The fraction of sp³-hybridized carbons (Fsp3) is 0.500. The molecule has 0 saturated heterocycles. The molecule has 3 nitrogen and oxygen atoms in total. The number of aliphatic hydroxyl groups is 1. The molecule has 2 aromatic rings. The zero-order chi connectivity index (χ0) is 13.1. The predicted molar refractivity (Wildman–Crippen MR) is 75.0 cm³/mol. The lowest BCUT2D eigenvalue weighted by atomic mass is 10.2. The third kappa shape index (κ3) is 3.00. The Morgan fingerprint density at radius 1 is 1.33 bits per heavy atom. The molecule has 0 aliphatic heterocycles. The Morgan fingerprint density at radius 2 is 2.11 bits per heavy atom. The molecule has 1 atom stereocenters. The molecular weight excluding hydrogens is 244 g/mol. The molecule has 0 amide bonds. The van der Waals surface area contributed by atoms with E-state index in [2.05, 4.69) is 31.9 Å². The van der Waals surface area contributed by atoms with Crippen LogP contribution < -0.4 is 0 Å². The van der Waals surface area contributed by atoms with Crippen LogP contribution in [-0.4, -0.2) is 14.9 Å². The Bertz CT molecular complexity index is 501. The van der Waals surface area contributed by atoms with Crippen LogP contribution in [0.1, 0.15) is 48.4 Å². The van der Waals surface area contributed by atoms with Gasteiger partial charge in [0.25, 0.3) is 0 Å². The summed E-state index contributed by atoms with van der Waals surface area (Å²) in [6.07, 6.45) is 3.15. The molecule has 2 heterocycles. The number of hydrogen-bond acceptors (Lipinski definition) is 3. The standard InChI is InChI=1S/C14H20N2OS/c1-4-12-5-6-14(18-12)13(17)9-11-7-8-16(15-11)10(2)3/h5-8,10,13,17H,4,9H2,1-3H3. The van der Waals surface area contributed by atoms with Gasteiger partial charge in [-0.3, -0.25) is 4.68 Å². The summed E-state index contributed by atoms with van der Waals surface area (Å²) in [5.74, 6) is 0. The summed E-state index contributed by atoms with van der Waals surface area (Å²) in [7, 11) is 0. The average molecular weight is 264 g/mol. The van der Waals surface area contributed by atoms with Crippen LogP contribution in [0.4, 0.5) is 0 Å². The predicted octanol–water partition coefficient (Wildman–Crippen LogP) is 3.36. The molecule has 0 saturated carbocycles. The molecule has 0 aromatic carbocycles. The van der Waals surface area contributed by atoms with Crippen molar-refractivity contribution in [1.29, 1.82) is 0 Å². The van der Waals surface area contributed by atoms with Gasteiger partial charge < -0.3 is 5.11 Å². The van der Waals surface area contributed by atoms with Crippen molar-refractivity contribution in [2.24, 2.45) is 0 Å². The number of thiophene rings is 1. The quantitative estimate of drug-likeness (QED) is 0.899. The smallest absolute Gasteiger partial charge is 0.0938 e. The number of aliphatic hydroxyl groups excluding tert-OH is 1. The Morgan fingerprint density at radius 3 is 2.67 bits per heavy atom. The highest BCUT2D eigenvalue weighted by atomic mass is 32.1. The van der Waals surface area contributed by atoms with E-state index in [0.717, 1.165) is 17.0 Å². The summed E-state index contributed by atoms with van der Waals surface area (Å²) < 4.78 is 1.92. The van der Waals surface area contributed by atoms with Crippen molar-refractivity contribution in [2.45, 2.75) is 45.8 Å². The first-order valence-electron chi connectivity index (χ1n) is 6.40. The Kier molecular flexibility index (Phi) is 4.19. The van der Waals surface area contributed by atoms with Crippen LogP contribution in [0.3, 0.4) is 0 Å². The van der Waals surface area contributed by atoms with Crippen molar-refractivity contribution in [3.63, 3.8) is 0 Å². The number of aryl methyl sites for hydroxylation is 1. The first-order chi connectivity index (χ1) is 8.60. The summed E-state index contributed by atoms with van der Waals surface area (Å²) in [5, 5.41) is 14.7. The molecular formula is C14H20N2OS. The monoisotopic (exact) mass is 264 g/mol. The van der Waals surface area contributed by atoms with Gasteiger partial charge in [0.05, 0.1) is 11.8 Å². The highest BCUT2D eigenvalue weighted by Gasteiger charge is 2.13. The van der Waals surface area contributed by atoms with E-state index in [1.807, 2.05) is 23.0 Å². The van der Waals surface area contributed by atoms with E-state index >= 15 is 0 Å². The summed E-state index contributed by atoms with van der Waals surface area (Å²) >= 11 is 1.69. The lowest BCUT2D eigenvalue weighted by Gasteiger charge is -2.07. The van der Waals surface area contributed by atoms with E-state index in [1.54, 1.807) is 11.3 Å². The van der Waals surface area contributed by atoms with E-state index < -0.39 is 6.10 Å². The Balaban J connectivity index is 2.03. The summed E-state index contributed by atoms with van der Waals surface area (Å²) in [4.78, 5) is 2.35. The maximum absolute atomic E-state index is 10.2. The number of nitrogens with zero attached hydrogens (tertiary/aromatic N) is 2. The molecule has 0 bridgehead atoms. The maximum Gasteiger partial charge on any atom is 0.0938 e. The first kappa shape index (κ1) is 13.3. The topological polar surface area (TPSA) is 38.0 Å². The Labute approximate surface area is 112 Å². The molecule has 2 aromatic heterocycles. The van der Waals surface area contributed by atoms with Gasteiger partial charge >= 0.3 is 0 Å². The maximum atomic E-state index is 10.2. The molecule has 0 spiro atoms. The normalized spacial score (nSPS) is 13.2. The summed E-state index contributed by atoms with van der Waals surface area (Å²) in [6.45, 7) is 6.33. The van der Waals surface area contributed by atoms with Crippen LogP contribution in [-0.2, 0) is 12.8 Å². The third-order valence-corrected chi connectivity index (χ3v) is 4.29. The van der Waals surface area contributed by atoms with Gasteiger partial charge in [-0.25, -0.2) is 0 Å². The van der Waals surface area contributed by atoms with Crippen molar-refractivity contribution in [3.8, 4) is 0 Å². The minimum Gasteiger partial charge on any atom is -0.387 e. The van der Waals surface area contributed by atoms with Gasteiger partial charge in [0.2, 0.25) is 0 Å². The van der Waals surface area contributed by atoms with Crippen LogP contribution in [0, 0.1) is 0 Å². The minimum absolute atomic E-state index is 0.365. The largest absolute Gasteiger partial charge is 0.387 e. The van der Waals surface area contributed by atoms with E-state index in [-0.39, 0.29) is 0 Å². The third-order valence-electron chi connectivity index (χ3n) is 2.95. The minimum atomic E-state index is -0.439. The van der Waals surface area contributed by atoms with E-state index in [1.165, 1.54) is 4.88 Å². The molecule has 1 N–H and O–H groups in total. The van der Waals surface area contributed by atoms with Gasteiger partial charge in [-0.2, -0.15) is 5.10 Å². The van der Waals surface area contributed by atoms with Crippen molar-refractivity contribution in [2.75, 3.05) is 0 Å². The van der Waals surface area contributed by atoms with E-state index in [9.17, 15) is 5.11 Å². The molecule has 0 fully saturated rings. The molecule has 2 rings (SSSR count). The highest BCUT2D eigenvalue weighted by molar-refractivity contribution is 7.12. The van der Waals surface area contributed by atoms with Crippen molar-refractivity contribution >= 4 is 11.3 Å². The zero-order valence-electron chi connectivity index (χ0n) is 11.1. The first-order valence-corrected chi connectivity index (χ1v) is 7.22. The van der Waals surface area contributed by atoms with Crippen LogP contribution in [0.25, 0.3) is 0 Å². The van der Waals surface area contributed by atoms with Crippen LogP contribution in [0.5, 0.6) is 0 Å². The second-order valence-electron chi connectivity index (χ2n) is 4.76. The van der Waals surface area contributed by atoms with E-state index in [4.69, 9.17) is 0 Å². The van der Waals surface area contributed by atoms with Crippen LogP contribution in [0.15, 0.2) is 24.4 Å². The fourth-order valence-electron chi connectivity index (χ4n) is 1.84. The highest BCUT2D eigenvalue weighted by Crippen LogP contribution is 2.26. The molecule has 98 valence electrons. The summed E-state index contributed by atoms with van der Waals surface area (Å²) in [6, 6.07) is 6.46. The van der Waals surface area contributed by atoms with Crippen molar-refractivity contribution in [1.82, 2.24) is 9.78 Å². The van der Waals surface area contributed by atoms with Gasteiger partial charge in [0, 0.05) is 28.4 Å². The van der Waals surface area contributed by atoms with Crippen LogP contribution >= 0.6 is 11.3 Å². The van der Waals surface area contributed by atoms with Crippen LogP contribution in [0.2, 0.25) is 0 Å². The number of hydrogen-bond donors (Lipinski definition) is 1. The Hall–Kier alpha value is -1.13. The molecule has 1 unspecified atom stereocenters. The van der Waals surface area contributed by atoms with Gasteiger partial charge in [0.15, 0.2) is 0 Å². The van der Waals surface area contributed by atoms with Crippen molar-refractivity contribution < 1.29 is 5.11 Å². The zero-order valence-corrected chi connectivity index (χ0v) is 11.9. The van der Waals surface area contributed by atoms with Gasteiger partial charge in [-0.1, -0.05) is 6.92 Å². The molecule has 18 heavy (non-hydrogen) atoms. The number of aromatic nitrogens is 2. The second-order valence-corrected chi connectivity index (χ2v) is 5.96. The fourth-order valence-corrected chi connectivity index (χ4v) is 2.77. The lowest BCUT2D eigenvalue weighted by molar-refractivity contribution is 0.180. The van der Waals surface area contributed by atoms with Gasteiger partial charge in [0.1, 0.15) is 0 Å². The van der Waals surface area contributed by atoms with Gasteiger partial charge in [-0.05, 0) is 38.5 Å². The van der Waals surface area contributed by atoms with E-state index in [0.29, 0.717) is 12.5 Å². The molecule has 4 heteroatoms. The van der Waals surface area contributed by atoms with Crippen molar-refractivity contribution in [3.05, 3.63) is 39.8 Å². The van der Waals surface area contributed by atoms with Gasteiger partial charge in [-0.15, -0.1) is 11.3 Å².